The molecule has 0 fully saturated rings. The lowest BCUT2D eigenvalue weighted by atomic mass is 10.0. The fraction of sp³-hybridized carbons (Fsp3) is 0.393. The van der Waals surface area contributed by atoms with Crippen LogP contribution in [-0.4, -0.2) is 54.5 Å². The fourth-order valence-electron chi connectivity index (χ4n) is 4.09. The van der Waals surface area contributed by atoms with Gasteiger partial charge in [-0.2, -0.15) is 4.31 Å². The smallest absolute Gasteiger partial charge is 0.262 e. The number of nitrogens with one attached hydrogen (secondary N) is 1. The van der Waals surface area contributed by atoms with E-state index in [0.29, 0.717) is 30.4 Å². The summed E-state index contributed by atoms with van der Waals surface area (Å²) in [6.45, 7) is 4.00. The first-order valence-electron chi connectivity index (χ1n) is 13.1. The highest BCUT2D eigenvalue weighted by molar-refractivity contribution is 7.89. The molecule has 1 aliphatic rings. The molecule has 1 aromatic heterocycles. The summed E-state index contributed by atoms with van der Waals surface area (Å²) in [5, 5.41) is 0. The molecule has 3 aromatic rings. The lowest BCUT2D eigenvalue weighted by Gasteiger charge is -2.33. The average molecular weight is 555 g/mol. The van der Waals surface area contributed by atoms with Crippen LogP contribution in [0.1, 0.15) is 43.1 Å². The highest BCUT2D eigenvalue weighted by Gasteiger charge is 2.41. The SMILES string of the molecule is CCCCOCCCOc1ccc(S(=O)(=O)N2Cc3nccnc3CC2C(=O)NOCc2ccccc2)cc1. The molecule has 39 heavy (non-hydrogen) atoms. The third kappa shape index (κ3) is 7.82. The molecule has 0 saturated heterocycles. The van der Waals surface area contributed by atoms with Crippen molar-refractivity contribution >= 4 is 15.9 Å². The molecule has 0 aliphatic carbocycles. The van der Waals surface area contributed by atoms with Crippen molar-refractivity contribution in [3.63, 3.8) is 0 Å². The minimum atomic E-state index is -4.06. The Morgan fingerprint density at radius 3 is 2.44 bits per heavy atom. The van der Waals surface area contributed by atoms with Gasteiger partial charge in [-0.1, -0.05) is 43.7 Å². The molecule has 2 heterocycles. The zero-order chi connectivity index (χ0) is 27.5. The minimum absolute atomic E-state index is 0.0492. The van der Waals surface area contributed by atoms with Crippen molar-refractivity contribution in [2.75, 3.05) is 19.8 Å². The first-order chi connectivity index (χ1) is 19.0. The molecule has 0 bridgehead atoms. The second kappa shape index (κ2) is 14.1. The van der Waals surface area contributed by atoms with Gasteiger partial charge in [-0.25, -0.2) is 13.9 Å². The van der Waals surface area contributed by atoms with Crippen molar-refractivity contribution in [2.24, 2.45) is 0 Å². The van der Waals surface area contributed by atoms with Gasteiger partial charge < -0.3 is 9.47 Å². The molecule has 11 heteroatoms. The first kappa shape index (κ1) is 28.6. The highest BCUT2D eigenvalue weighted by Crippen LogP contribution is 2.28. The Morgan fingerprint density at radius 1 is 0.974 bits per heavy atom. The second-order valence-electron chi connectivity index (χ2n) is 9.10. The van der Waals surface area contributed by atoms with Crippen molar-refractivity contribution in [3.05, 3.63) is 83.9 Å². The van der Waals surface area contributed by atoms with Crippen LogP contribution in [0, 0.1) is 0 Å². The normalized spacial score (nSPS) is 15.5. The van der Waals surface area contributed by atoms with Crippen LogP contribution in [0.5, 0.6) is 5.75 Å². The number of amides is 1. The fourth-order valence-corrected chi connectivity index (χ4v) is 5.64. The zero-order valence-corrected chi connectivity index (χ0v) is 22.8. The number of carbonyl (C=O) groups is 1. The van der Waals surface area contributed by atoms with E-state index < -0.39 is 22.0 Å². The third-order valence-corrected chi connectivity index (χ3v) is 8.10. The Hall–Kier alpha value is -3.38. The number of carbonyl (C=O) groups excluding carboxylic acids is 1. The maximum Gasteiger partial charge on any atom is 0.262 e. The van der Waals surface area contributed by atoms with Crippen molar-refractivity contribution in [1.29, 1.82) is 0 Å². The van der Waals surface area contributed by atoms with Gasteiger partial charge in [-0.3, -0.25) is 19.6 Å². The largest absolute Gasteiger partial charge is 0.494 e. The van der Waals surface area contributed by atoms with Crippen molar-refractivity contribution in [2.45, 2.75) is 56.7 Å². The molecular weight excluding hydrogens is 520 g/mol. The van der Waals surface area contributed by atoms with E-state index in [1.165, 1.54) is 24.5 Å². The quantitative estimate of drug-likeness (QED) is 0.238. The van der Waals surface area contributed by atoms with E-state index in [1.807, 2.05) is 30.3 Å². The number of hydroxylamine groups is 1. The number of fused-ring (bicyclic) bond motifs is 1. The van der Waals surface area contributed by atoms with Crippen molar-refractivity contribution in [3.8, 4) is 5.75 Å². The molecule has 10 nitrogen and oxygen atoms in total. The van der Waals surface area contributed by atoms with Crippen LogP contribution in [0.4, 0.5) is 0 Å². The maximum absolute atomic E-state index is 13.7. The molecule has 0 saturated carbocycles. The standard InChI is InChI=1S/C28H34N4O6S/c1-2-3-16-36-17-7-18-37-23-10-12-24(13-11-23)39(34,35)32-20-26-25(29-14-15-30-26)19-27(32)28(33)31-38-21-22-8-5-4-6-9-22/h4-6,8-15,27H,2-3,7,16-21H2,1H3,(H,31,33). The molecular formula is C28H34N4O6S. The first-order valence-corrected chi connectivity index (χ1v) is 14.5. The summed E-state index contributed by atoms with van der Waals surface area (Å²) in [5.74, 6) is -0.0205. The van der Waals surface area contributed by atoms with Gasteiger partial charge in [0.05, 0.1) is 36.0 Å². The molecule has 4 rings (SSSR count). The number of benzene rings is 2. The number of sulfonamides is 1. The molecule has 1 atom stereocenters. The van der Waals surface area contributed by atoms with E-state index in [9.17, 15) is 13.2 Å². The second-order valence-corrected chi connectivity index (χ2v) is 11.0. The number of aromatic nitrogens is 2. The summed E-state index contributed by atoms with van der Waals surface area (Å²) < 4.78 is 39.8. The molecule has 0 spiro atoms. The monoisotopic (exact) mass is 554 g/mol. The number of nitrogens with zero attached hydrogens (tertiary/aromatic N) is 3. The van der Waals surface area contributed by atoms with E-state index in [0.717, 1.165) is 35.7 Å². The summed E-state index contributed by atoms with van der Waals surface area (Å²) in [6, 6.07) is 14.5. The van der Waals surface area contributed by atoms with Gasteiger partial charge in [0.15, 0.2) is 0 Å². The van der Waals surface area contributed by atoms with Crippen LogP contribution < -0.4 is 10.2 Å². The lowest BCUT2D eigenvalue weighted by Crippen LogP contribution is -2.52. The van der Waals surface area contributed by atoms with Crippen LogP contribution in [0.25, 0.3) is 0 Å². The summed E-state index contributed by atoms with van der Waals surface area (Å²) in [7, 11) is -4.06. The van der Waals surface area contributed by atoms with E-state index >= 15 is 0 Å². The van der Waals surface area contributed by atoms with Gasteiger partial charge in [0, 0.05) is 38.4 Å². The lowest BCUT2D eigenvalue weighted by molar-refractivity contribution is -0.139. The van der Waals surface area contributed by atoms with Gasteiger partial charge in [0.1, 0.15) is 11.8 Å². The minimum Gasteiger partial charge on any atom is -0.494 e. The number of rotatable bonds is 14. The van der Waals surface area contributed by atoms with Crippen LogP contribution >= 0.6 is 0 Å². The third-order valence-electron chi connectivity index (χ3n) is 6.23. The maximum atomic E-state index is 13.7. The van der Waals surface area contributed by atoms with Crippen molar-refractivity contribution in [1.82, 2.24) is 19.8 Å². The predicted octanol–water partition coefficient (Wildman–Crippen LogP) is 3.43. The van der Waals surface area contributed by atoms with E-state index in [2.05, 4.69) is 22.4 Å². The van der Waals surface area contributed by atoms with Crippen LogP contribution in [0.2, 0.25) is 0 Å². The molecule has 2 aromatic carbocycles. The number of hydrogen-bond acceptors (Lipinski definition) is 8. The van der Waals surface area contributed by atoms with E-state index in [4.69, 9.17) is 14.3 Å². The van der Waals surface area contributed by atoms with Crippen LogP contribution in [0.15, 0.2) is 71.9 Å². The van der Waals surface area contributed by atoms with Gasteiger partial charge in [0.25, 0.3) is 5.91 Å². The van der Waals surface area contributed by atoms with Gasteiger partial charge in [-0.05, 0) is 36.2 Å². The molecule has 1 aliphatic heterocycles. The predicted molar refractivity (Wildman–Crippen MR) is 144 cm³/mol. The Labute approximate surface area is 229 Å². The summed E-state index contributed by atoms with van der Waals surface area (Å²) in [6.07, 6.45) is 5.98. The van der Waals surface area contributed by atoms with Gasteiger partial charge >= 0.3 is 0 Å². The molecule has 1 N–H and O–H groups in total. The van der Waals surface area contributed by atoms with Gasteiger partial charge in [-0.15, -0.1) is 0 Å². The number of unbranched alkanes of at least 4 members (excludes halogenated alkanes) is 1. The Bertz CT molecular complexity index is 1310. The Kier molecular flexibility index (Phi) is 10.4. The summed E-state index contributed by atoms with van der Waals surface area (Å²) >= 11 is 0. The summed E-state index contributed by atoms with van der Waals surface area (Å²) in [5.41, 5.74) is 4.37. The average Bonchev–Trinajstić information content (AvgIpc) is 2.96. The number of hydrogen-bond donors (Lipinski definition) is 1. The van der Waals surface area contributed by atoms with Crippen LogP contribution in [0.3, 0.4) is 0 Å². The zero-order valence-electron chi connectivity index (χ0n) is 22.0. The Balaban J connectivity index is 1.42. The molecule has 208 valence electrons. The summed E-state index contributed by atoms with van der Waals surface area (Å²) in [4.78, 5) is 27.2. The molecule has 1 unspecified atom stereocenters. The van der Waals surface area contributed by atoms with Crippen molar-refractivity contribution < 1.29 is 27.5 Å². The van der Waals surface area contributed by atoms with Gasteiger partial charge in [0.2, 0.25) is 10.0 Å². The molecule has 1 amide bonds. The van der Waals surface area contributed by atoms with E-state index in [-0.39, 0.29) is 24.5 Å². The topological polar surface area (TPSA) is 120 Å². The van der Waals surface area contributed by atoms with E-state index in [1.54, 1.807) is 12.1 Å². The number of ether oxygens (including phenoxy) is 2. The van der Waals surface area contributed by atoms with Crippen LogP contribution in [-0.2, 0) is 44.0 Å². The molecule has 0 radical (unpaired) electrons. The Morgan fingerprint density at radius 2 is 1.69 bits per heavy atom. The highest BCUT2D eigenvalue weighted by atomic mass is 32.2.